The SMILES string of the molecule is Cc1ccc(NC(=S)Nc2cccc(Cn3nc(C)cc3C)c2)c(C)c1. The van der Waals surface area contributed by atoms with Gasteiger partial charge in [-0.1, -0.05) is 29.8 Å². The van der Waals surface area contributed by atoms with Crippen molar-refractivity contribution < 1.29 is 0 Å². The van der Waals surface area contributed by atoms with E-state index in [1.54, 1.807) is 0 Å². The van der Waals surface area contributed by atoms with E-state index in [9.17, 15) is 0 Å². The lowest BCUT2D eigenvalue weighted by Gasteiger charge is -2.14. The van der Waals surface area contributed by atoms with Gasteiger partial charge in [-0.2, -0.15) is 5.10 Å². The number of hydrogen-bond acceptors (Lipinski definition) is 2. The van der Waals surface area contributed by atoms with E-state index in [0.717, 1.165) is 29.3 Å². The Balaban J connectivity index is 1.68. The molecule has 3 rings (SSSR count). The van der Waals surface area contributed by atoms with E-state index >= 15 is 0 Å². The molecule has 0 bridgehead atoms. The Kier molecular flexibility index (Phi) is 5.38. The van der Waals surface area contributed by atoms with Crippen LogP contribution in [0.1, 0.15) is 28.1 Å². The summed E-state index contributed by atoms with van der Waals surface area (Å²) in [6, 6.07) is 16.6. The molecule has 0 atom stereocenters. The molecule has 0 aliphatic carbocycles. The van der Waals surface area contributed by atoms with Crippen molar-refractivity contribution in [3.8, 4) is 0 Å². The molecule has 1 aromatic heterocycles. The number of hydrogen-bond donors (Lipinski definition) is 2. The van der Waals surface area contributed by atoms with Gasteiger partial charge in [0.15, 0.2) is 5.11 Å². The zero-order valence-electron chi connectivity index (χ0n) is 15.6. The van der Waals surface area contributed by atoms with Gasteiger partial charge in [0.1, 0.15) is 0 Å². The predicted molar refractivity (Wildman–Crippen MR) is 113 cm³/mol. The van der Waals surface area contributed by atoms with Gasteiger partial charge in [-0.3, -0.25) is 4.68 Å². The van der Waals surface area contributed by atoms with Crippen LogP contribution in [0.2, 0.25) is 0 Å². The monoisotopic (exact) mass is 364 g/mol. The fourth-order valence-electron chi connectivity index (χ4n) is 2.99. The number of anilines is 2. The summed E-state index contributed by atoms with van der Waals surface area (Å²) in [6.45, 7) is 8.99. The number of benzene rings is 2. The number of aryl methyl sites for hydroxylation is 4. The van der Waals surface area contributed by atoms with E-state index in [1.807, 2.05) is 23.7 Å². The molecule has 0 aliphatic rings. The van der Waals surface area contributed by atoms with Gasteiger partial charge in [0.2, 0.25) is 0 Å². The standard InChI is InChI=1S/C21H24N4S/c1-14-8-9-20(15(2)10-14)23-21(26)22-19-7-5-6-18(12-19)13-25-17(4)11-16(3)24-25/h5-12H,13H2,1-4H3,(H2,22,23,26). The quantitative estimate of drug-likeness (QED) is 0.641. The average Bonchev–Trinajstić information content (AvgIpc) is 2.88. The highest BCUT2D eigenvalue weighted by atomic mass is 32.1. The van der Waals surface area contributed by atoms with Crippen LogP contribution in [0, 0.1) is 27.7 Å². The lowest BCUT2D eigenvalue weighted by Crippen LogP contribution is -2.19. The normalized spacial score (nSPS) is 10.6. The molecule has 3 aromatic rings. The summed E-state index contributed by atoms with van der Waals surface area (Å²) >= 11 is 5.47. The second-order valence-electron chi connectivity index (χ2n) is 6.68. The van der Waals surface area contributed by atoms with Gasteiger partial charge in [0.05, 0.1) is 12.2 Å². The zero-order valence-corrected chi connectivity index (χ0v) is 16.4. The fourth-order valence-corrected chi connectivity index (χ4v) is 3.22. The van der Waals surface area contributed by atoms with Gasteiger partial charge in [0, 0.05) is 17.1 Å². The van der Waals surface area contributed by atoms with Crippen molar-refractivity contribution in [2.24, 2.45) is 0 Å². The third-order valence-electron chi connectivity index (χ3n) is 4.25. The van der Waals surface area contributed by atoms with Crippen molar-refractivity contribution in [1.29, 1.82) is 0 Å². The summed E-state index contributed by atoms with van der Waals surface area (Å²) in [7, 11) is 0. The Bertz CT molecular complexity index is 943. The maximum absolute atomic E-state index is 5.47. The number of nitrogens with zero attached hydrogens (tertiary/aromatic N) is 2. The zero-order chi connectivity index (χ0) is 18.7. The van der Waals surface area contributed by atoms with Crippen LogP contribution >= 0.6 is 12.2 Å². The van der Waals surface area contributed by atoms with Crippen LogP contribution in [0.3, 0.4) is 0 Å². The highest BCUT2D eigenvalue weighted by molar-refractivity contribution is 7.80. The van der Waals surface area contributed by atoms with Crippen LogP contribution in [0.5, 0.6) is 0 Å². The number of thiocarbonyl (C=S) groups is 1. The second-order valence-corrected chi connectivity index (χ2v) is 7.09. The van der Waals surface area contributed by atoms with Gasteiger partial charge in [-0.05, 0) is 75.3 Å². The highest BCUT2D eigenvalue weighted by Crippen LogP contribution is 2.18. The Hall–Kier alpha value is -2.66. The van der Waals surface area contributed by atoms with Gasteiger partial charge in [-0.25, -0.2) is 0 Å². The fraction of sp³-hybridized carbons (Fsp3) is 0.238. The first-order chi connectivity index (χ1) is 12.4. The van der Waals surface area contributed by atoms with E-state index in [-0.39, 0.29) is 0 Å². The smallest absolute Gasteiger partial charge is 0.175 e. The molecule has 0 saturated heterocycles. The van der Waals surface area contributed by atoms with Crippen molar-refractivity contribution in [2.45, 2.75) is 34.2 Å². The van der Waals surface area contributed by atoms with Crippen LogP contribution in [-0.2, 0) is 6.54 Å². The Morgan fingerprint density at radius 1 is 1.00 bits per heavy atom. The second kappa shape index (κ2) is 7.70. The molecular formula is C21H24N4S. The molecule has 0 spiro atoms. The van der Waals surface area contributed by atoms with Gasteiger partial charge >= 0.3 is 0 Å². The molecule has 0 fully saturated rings. The predicted octanol–water partition coefficient (Wildman–Crippen LogP) is 4.97. The first-order valence-corrected chi connectivity index (χ1v) is 9.07. The van der Waals surface area contributed by atoms with Crippen molar-refractivity contribution >= 4 is 28.7 Å². The molecule has 5 heteroatoms. The summed E-state index contributed by atoms with van der Waals surface area (Å²) in [5, 5.41) is 11.6. The van der Waals surface area contributed by atoms with Crippen molar-refractivity contribution in [3.05, 3.63) is 76.6 Å². The van der Waals surface area contributed by atoms with E-state index in [1.165, 1.54) is 16.7 Å². The minimum atomic E-state index is 0.584. The number of aromatic nitrogens is 2. The third-order valence-corrected chi connectivity index (χ3v) is 4.45. The van der Waals surface area contributed by atoms with E-state index in [2.05, 4.69) is 72.9 Å². The third kappa shape index (κ3) is 4.49. The molecule has 26 heavy (non-hydrogen) atoms. The molecule has 0 amide bonds. The molecule has 0 saturated carbocycles. The van der Waals surface area contributed by atoms with Crippen LogP contribution < -0.4 is 10.6 Å². The Morgan fingerprint density at radius 2 is 1.81 bits per heavy atom. The van der Waals surface area contributed by atoms with E-state index in [0.29, 0.717) is 5.11 Å². The van der Waals surface area contributed by atoms with E-state index < -0.39 is 0 Å². The molecule has 4 nitrogen and oxygen atoms in total. The van der Waals surface area contributed by atoms with Crippen LogP contribution in [0.4, 0.5) is 11.4 Å². The summed E-state index contributed by atoms with van der Waals surface area (Å²) in [6.07, 6.45) is 0. The summed E-state index contributed by atoms with van der Waals surface area (Å²) in [5.41, 5.74) is 7.77. The van der Waals surface area contributed by atoms with Gasteiger partial charge < -0.3 is 10.6 Å². The molecule has 0 aliphatic heterocycles. The minimum Gasteiger partial charge on any atom is -0.332 e. The highest BCUT2D eigenvalue weighted by Gasteiger charge is 2.05. The maximum Gasteiger partial charge on any atom is 0.175 e. The topological polar surface area (TPSA) is 41.9 Å². The molecular weight excluding hydrogens is 340 g/mol. The van der Waals surface area contributed by atoms with Crippen LogP contribution in [-0.4, -0.2) is 14.9 Å². The molecule has 1 heterocycles. The largest absolute Gasteiger partial charge is 0.332 e. The summed E-state index contributed by atoms with van der Waals surface area (Å²) in [4.78, 5) is 0. The number of rotatable bonds is 4. The average molecular weight is 365 g/mol. The Labute approximate surface area is 160 Å². The molecule has 134 valence electrons. The molecule has 2 aromatic carbocycles. The molecule has 2 N–H and O–H groups in total. The van der Waals surface area contributed by atoms with Gasteiger partial charge in [0.25, 0.3) is 0 Å². The first-order valence-electron chi connectivity index (χ1n) is 8.66. The first kappa shape index (κ1) is 18.1. The van der Waals surface area contributed by atoms with Crippen molar-refractivity contribution in [1.82, 2.24) is 9.78 Å². The van der Waals surface area contributed by atoms with Crippen molar-refractivity contribution in [3.63, 3.8) is 0 Å². The Morgan fingerprint density at radius 3 is 2.50 bits per heavy atom. The minimum absolute atomic E-state index is 0.584. The molecule has 0 radical (unpaired) electrons. The maximum atomic E-state index is 5.47. The molecule has 0 unspecified atom stereocenters. The van der Waals surface area contributed by atoms with Gasteiger partial charge in [-0.15, -0.1) is 0 Å². The van der Waals surface area contributed by atoms with Crippen LogP contribution in [0.25, 0.3) is 0 Å². The van der Waals surface area contributed by atoms with Crippen molar-refractivity contribution in [2.75, 3.05) is 10.6 Å². The lowest BCUT2D eigenvalue weighted by atomic mass is 10.1. The number of nitrogens with one attached hydrogen (secondary N) is 2. The van der Waals surface area contributed by atoms with E-state index in [4.69, 9.17) is 12.2 Å². The van der Waals surface area contributed by atoms with Crippen LogP contribution in [0.15, 0.2) is 48.5 Å². The lowest BCUT2D eigenvalue weighted by molar-refractivity contribution is 0.659. The summed E-state index contributed by atoms with van der Waals surface area (Å²) < 4.78 is 2.01. The summed E-state index contributed by atoms with van der Waals surface area (Å²) in [5.74, 6) is 0.